The van der Waals surface area contributed by atoms with Crippen LogP contribution in [0.25, 0.3) is 18.6 Å². The van der Waals surface area contributed by atoms with Crippen LogP contribution in [0.4, 0.5) is 10.6 Å². The van der Waals surface area contributed by atoms with Crippen LogP contribution in [-0.4, -0.2) is 46.9 Å². The predicted molar refractivity (Wildman–Crippen MR) is 121 cm³/mol. The highest BCUT2D eigenvalue weighted by atomic mass is 16.6. The van der Waals surface area contributed by atoms with E-state index >= 15 is 0 Å². The number of carbonyl (C=O) groups excluding carboxylic acids is 1. The summed E-state index contributed by atoms with van der Waals surface area (Å²) in [5, 5.41) is 15.6. The number of ether oxygens (including phenoxy) is 2. The minimum absolute atomic E-state index is 0.0177. The first-order valence-electron chi connectivity index (χ1n) is 10.7. The Balaban J connectivity index is 1.51. The Bertz CT molecular complexity index is 1260. The number of hydrogen-bond donors (Lipinski definition) is 1. The van der Waals surface area contributed by atoms with Crippen molar-refractivity contribution in [1.82, 2.24) is 34.7 Å². The summed E-state index contributed by atoms with van der Waals surface area (Å²) in [6.07, 6.45) is 9.10. The molecule has 3 aromatic rings. The molecule has 1 aliphatic rings. The summed E-state index contributed by atoms with van der Waals surface area (Å²) in [7, 11) is 1.72. The van der Waals surface area contributed by atoms with Gasteiger partial charge in [-0.2, -0.15) is 4.98 Å². The lowest BCUT2D eigenvalue weighted by atomic mass is 10.3. The summed E-state index contributed by atoms with van der Waals surface area (Å²) < 4.78 is 14.6. The summed E-state index contributed by atoms with van der Waals surface area (Å²) in [6.45, 7) is 6.03. The molecule has 1 saturated carbocycles. The molecule has 11 heteroatoms. The molecule has 3 aromatic heterocycles. The summed E-state index contributed by atoms with van der Waals surface area (Å²) >= 11 is 0. The molecule has 1 fully saturated rings. The molecule has 0 unspecified atom stereocenters. The monoisotopic (exact) mass is 450 g/mol. The maximum atomic E-state index is 12.1. The molecule has 0 atom stereocenters. The van der Waals surface area contributed by atoms with Crippen LogP contribution in [0.2, 0.25) is 0 Å². The molecule has 0 spiro atoms. The molecule has 1 aliphatic carbocycles. The quantitative estimate of drug-likeness (QED) is 0.576. The van der Waals surface area contributed by atoms with Crippen molar-refractivity contribution in [3.63, 3.8) is 0 Å². The number of hydrogen-bond acceptors (Lipinski definition) is 8. The van der Waals surface area contributed by atoms with Crippen molar-refractivity contribution in [3.05, 3.63) is 46.7 Å². The highest BCUT2D eigenvalue weighted by Crippen LogP contribution is 2.21. The number of allylic oxidation sites excluding steroid dienone is 2. The highest BCUT2D eigenvalue weighted by Gasteiger charge is 2.20. The van der Waals surface area contributed by atoms with Crippen LogP contribution in [0.3, 0.4) is 0 Å². The third-order valence-electron chi connectivity index (χ3n) is 5.16. The van der Waals surface area contributed by atoms with Gasteiger partial charge in [-0.05, 0) is 61.2 Å². The maximum absolute atomic E-state index is 12.1. The summed E-state index contributed by atoms with van der Waals surface area (Å²) in [4.78, 5) is 21.0. The van der Waals surface area contributed by atoms with Crippen molar-refractivity contribution >= 4 is 24.6 Å². The van der Waals surface area contributed by atoms with Crippen LogP contribution >= 0.6 is 0 Å². The van der Waals surface area contributed by atoms with Crippen molar-refractivity contribution in [2.75, 3.05) is 5.32 Å². The average Bonchev–Trinajstić information content (AvgIpc) is 3.52. The van der Waals surface area contributed by atoms with E-state index in [0.717, 1.165) is 25.7 Å². The first kappa shape index (κ1) is 22.2. The second-order valence-electron chi connectivity index (χ2n) is 7.60. The largest absolute Gasteiger partial charge is 0.458 e. The molecule has 4 rings (SSSR count). The van der Waals surface area contributed by atoms with E-state index in [-0.39, 0.29) is 18.7 Å². The minimum Gasteiger partial charge on any atom is -0.458 e. The van der Waals surface area contributed by atoms with Crippen LogP contribution in [-0.2, 0) is 18.4 Å². The Hall–Kier alpha value is -4.02. The molecular formula is C22H26N8O3. The molecule has 33 heavy (non-hydrogen) atoms. The van der Waals surface area contributed by atoms with E-state index in [4.69, 9.17) is 9.47 Å². The number of aryl methyl sites for hydroxylation is 1. The standard InChI is InChI=1S/C22H26N8O3/c1-4-5-12-18-15(2)23-21(30(18)20-26-27-28-29(20)3)32-14-16-9-8-13-19(24-16)25-22(31)33-17-10-6-7-11-17/h4-5,8-9,12-13,17H,2,6-7,10-11,14H2,1,3H3,(H,24,25,31)/b5-4-,18-12+. The van der Waals surface area contributed by atoms with Crippen molar-refractivity contribution in [3.8, 4) is 12.0 Å². The number of rotatable bonds is 7. The van der Waals surface area contributed by atoms with Crippen molar-refractivity contribution in [1.29, 1.82) is 0 Å². The first-order chi connectivity index (χ1) is 16.0. The fraction of sp³-hybridized carbons (Fsp3) is 0.364. The van der Waals surface area contributed by atoms with Gasteiger partial charge in [-0.3, -0.25) is 5.32 Å². The molecule has 172 valence electrons. The average molecular weight is 451 g/mol. The van der Waals surface area contributed by atoms with Gasteiger partial charge in [-0.15, -0.1) is 0 Å². The zero-order valence-corrected chi connectivity index (χ0v) is 18.6. The molecule has 0 aromatic carbocycles. The van der Waals surface area contributed by atoms with Crippen molar-refractivity contribution < 1.29 is 14.3 Å². The van der Waals surface area contributed by atoms with E-state index in [1.165, 1.54) is 4.68 Å². The van der Waals surface area contributed by atoms with Crippen LogP contribution in [0.5, 0.6) is 6.01 Å². The number of aromatic nitrogens is 7. The molecule has 0 radical (unpaired) electrons. The molecule has 3 heterocycles. The first-order valence-corrected chi connectivity index (χ1v) is 10.7. The number of amides is 1. The van der Waals surface area contributed by atoms with E-state index in [1.807, 2.05) is 25.2 Å². The predicted octanol–water partition coefficient (Wildman–Crippen LogP) is 1.63. The molecule has 11 nitrogen and oxygen atoms in total. The highest BCUT2D eigenvalue weighted by molar-refractivity contribution is 5.83. The van der Waals surface area contributed by atoms with Crippen LogP contribution < -0.4 is 20.8 Å². The number of nitrogens with zero attached hydrogens (tertiary/aromatic N) is 7. The molecule has 1 N–H and O–H groups in total. The van der Waals surface area contributed by atoms with Crippen molar-refractivity contribution in [2.45, 2.75) is 45.3 Å². The van der Waals surface area contributed by atoms with E-state index in [1.54, 1.807) is 29.8 Å². The SMILES string of the molecule is C=c1nc(OCc2cccc(NC(=O)OC3CCCC3)n2)n(-c2nnnn2C)/c1=C/C=C\C. The van der Waals surface area contributed by atoms with Gasteiger partial charge in [0.05, 0.1) is 16.4 Å². The fourth-order valence-electron chi connectivity index (χ4n) is 3.58. The summed E-state index contributed by atoms with van der Waals surface area (Å²) in [5.74, 6) is 0.820. The Labute approximate surface area is 190 Å². The molecule has 0 bridgehead atoms. The van der Waals surface area contributed by atoms with Crippen molar-refractivity contribution in [2.24, 2.45) is 7.05 Å². The van der Waals surface area contributed by atoms with Gasteiger partial charge in [0.15, 0.2) is 0 Å². The van der Waals surface area contributed by atoms with Gasteiger partial charge < -0.3 is 9.47 Å². The number of carbonyl (C=O) groups is 1. The lowest BCUT2D eigenvalue weighted by molar-refractivity contribution is 0.114. The van der Waals surface area contributed by atoms with Gasteiger partial charge in [-0.1, -0.05) is 29.9 Å². The lowest BCUT2D eigenvalue weighted by Crippen LogP contribution is -2.29. The third-order valence-corrected chi connectivity index (χ3v) is 5.16. The molecule has 0 aliphatic heterocycles. The smallest absolute Gasteiger partial charge is 0.413 e. The molecule has 0 saturated heterocycles. The Morgan fingerprint density at radius 1 is 1.30 bits per heavy atom. The fourth-order valence-corrected chi connectivity index (χ4v) is 3.58. The topological polar surface area (TPSA) is 122 Å². The third kappa shape index (κ3) is 5.25. The molecule has 1 amide bonds. The molecular weight excluding hydrogens is 424 g/mol. The van der Waals surface area contributed by atoms with Crippen LogP contribution in [0.1, 0.15) is 38.3 Å². The normalized spacial score (nSPS) is 14.8. The number of imidazole rings is 1. The van der Waals surface area contributed by atoms with Gasteiger partial charge in [-0.25, -0.2) is 19.0 Å². The summed E-state index contributed by atoms with van der Waals surface area (Å²) in [6, 6.07) is 5.55. The zero-order chi connectivity index (χ0) is 23.2. The van der Waals surface area contributed by atoms with Gasteiger partial charge in [0, 0.05) is 7.05 Å². The van der Waals surface area contributed by atoms with Crippen LogP contribution in [0.15, 0.2) is 30.4 Å². The number of pyridine rings is 1. The van der Waals surface area contributed by atoms with Crippen LogP contribution in [0, 0.1) is 0 Å². The van der Waals surface area contributed by atoms with E-state index in [9.17, 15) is 4.79 Å². The Kier molecular flexibility index (Phi) is 6.77. The second-order valence-corrected chi connectivity index (χ2v) is 7.60. The number of nitrogens with one attached hydrogen (secondary N) is 1. The van der Waals surface area contributed by atoms with Gasteiger partial charge in [0.1, 0.15) is 18.5 Å². The summed E-state index contributed by atoms with van der Waals surface area (Å²) in [5.41, 5.74) is 0.601. The van der Waals surface area contributed by atoms with Gasteiger partial charge >= 0.3 is 12.1 Å². The van der Waals surface area contributed by atoms with E-state index in [0.29, 0.717) is 28.2 Å². The second kappa shape index (κ2) is 10.1. The van der Waals surface area contributed by atoms with Gasteiger partial charge in [0.25, 0.3) is 5.95 Å². The maximum Gasteiger partial charge on any atom is 0.413 e. The zero-order valence-electron chi connectivity index (χ0n) is 18.6. The number of tetrazole rings is 1. The Morgan fingerprint density at radius 3 is 2.85 bits per heavy atom. The van der Waals surface area contributed by atoms with Gasteiger partial charge in [0.2, 0.25) is 0 Å². The van der Waals surface area contributed by atoms with E-state index in [2.05, 4.69) is 37.4 Å². The Morgan fingerprint density at radius 2 is 2.12 bits per heavy atom. The minimum atomic E-state index is -0.497. The lowest BCUT2D eigenvalue weighted by Gasteiger charge is -2.12. The van der Waals surface area contributed by atoms with E-state index < -0.39 is 6.09 Å². The number of anilines is 1.